The lowest BCUT2D eigenvalue weighted by molar-refractivity contribution is 0.0481. The molecule has 1 saturated heterocycles. The second-order valence-corrected chi connectivity index (χ2v) is 6.29. The van der Waals surface area contributed by atoms with E-state index in [1.807, 2.05) is 19.9 Å². The van der Waals surface area contributed by atoms with Gasteiger partial charge in [0, 0.05) is 24.8 Å². The molecule has 0 bridgehead atoms. The number of hydrogen-bond donors (Lipinski definition) is 2. The van der Waals surface area contributed by atoms with Crippen LogP contribution >= 0.6 is 0 Å². The Labute approximate surface area is 120 Å². The van der Waals surface area contributed by atoms with Crippen molar-refractivity contribution in [3.05, 3.63) is 29.1 Å². The van der Waals surface area contributed by atoms with Crippen molar-refractivity contribution in [3.8, 4) is 0 Å². The molecule has 3 N–H and O–H groups in total. The summed E-state index contributed by atoms with van der Waals surface area (Å²) in [5.74, 6) is -0.206. The average Bonchev–Trinajstić information content (AvgIpc) is 2.53. The molecule has 2 atom stereocenters. The molecule has 0 radical (unpaired) electrons. The zero-order chi connectivity index (χ0) is 14.9. The van der Waals surface area contributed by atoms with E-state index in [1.165, 1.54) is 0 Å². The van der Waals surface area contributed by atoms with Gasteiger partial charge in [0.15, 0.2) is 0 Å². The number of benzene rings is 1. The van der Waals surface area contributed by atoms with E-state index < -0.39 is 5.60 Å². The molecule has 0 spiro atoms. The van der Waals surface area contributed by atoms with Gasteiger partial charge in [-0.05, 0) is 63.3 Å². The van der Waals surface area contributed by atoms with Crippen molar-refractivity contribution in [3.63, 3.8) is 0 Å². The van der Waals surface area contributed by atoms with Crippen LogP contribution in [0.25, 0.3) is 0 Å². The molecule has 1 unspecified atom stereocenters. The van der Waals surface area contributed by atoms with Gasteiger partial charge in [-0.1, -0.05) is 0 Å². The maximum Gasteiger partial charge on any atom is 0.126 e. The third kappa shape index (κ3) is 3.30. The van der Waals surface area contributed by atoms with Crippen molar-refractivity contribution in [2.45, 2.75) is 51.7 Å². The van der Waals surface area contributed by atoms with E-state index >= 15 is 0 Å². The van der Waals surface area contributed by atoms with Crippen LogP contribution in [0.1, 0.15) is 50.3 Å². The first kappa shape index (κ1) is 15.3. The molecular formula is C16H25FN2O. The second-order valence-electron chi connectivity index (χ2n) is 6.29. The normalized spacial score (nSPS) is 25.4. The van der Waals surface area contributed by atoms with Crippen LogP contribution in [0.4, 0.5) is 10.1 Å². The van der Waals surface area contributed by atoms with E-state index in [9.17, 15) is 9.50 Å². The Hall–Kier alpha value is -1.13. The fourth-order valence-electron chi connectivity index (χ4n) is 2.82. The van der Waals surface area contributed by atoms with Gasteiger partial charge in [-0.25, -0.2) is 4.39 Å². The number of anilines is 1. The van der Waals surface area contributed by atoms with Crippen molar-refractivity contribution >= 4 is 5.69 Å². The summed E-state index contributed by atoms with van der Waals surface area (Å²) in [7, 11) is 0. The summed E-state index contributed by atoms with van der Waals surface area (Å²) >= 11 is 0. The van der Waals surface area contributed by atoms with Crippen LogP contribution in [0.5, 0.6) is 0 Å². The number of rotatable bonds is 2. The van der Waals surface area contributed by atoms with Gasteiger partial charge in [0.25, 0.3) is 0 Å². The van der Waals surface area contributed by atoms with Gasteiger partial charge in [0.05, 0.1) is 5.60 Å². The quantitative estimate of drug-likeness (QED) is 0.875. The maximum atomic E-state index is 13.8. The van der Waals surface area contributed by atoms with E-state index in [2.05, 4.69) is 4.90 Å². The zero-order valence-electron chi connectivity index (χ0n) is 12.6. The molecule has 0 aliphatic carbocycles. The molecule has 1 aromatic rings. The molecule has 4 heteroatoms. The monoisotopic (exact) mass is 280 g/mol. The molecule has 1 aliphatic rings. The van der Waals surface area contributed by atoms with E-state index in [0.717, 1.165) is 43.6 Å². The first-order valence-electron chi connectivity index (χ1n) is 7.33. The second kappa shape index (κ2) is 5.70. The molecule has 1 fully saturated rings. The van der Waals surface area contributed by atoms with Gasteiger partial charge in [-0.2, -0.15) is 0 Å². The number of hydrogen-bond acceptors (Lipinski definition) is 3. The van der Waals surface area contributed by atoms with Gasteiger partial charge in [-0.3, -0.25) is 0 Å². The van der Waals surface area contributed by atoms with E-state index in [0.29, 0.717) is 5.56 Å². The number of nitrogens with zero attached hydrogens (tertiary/aromatic N) is 1. The number of nitrogens with two attached hydrogens (primary N) is 1. The minimum Gasteiger partial charge on any atom is -0.390 e. The third-order valence-electron chi connectivity index (χ3n) is 4.20. The third-order valence-corrected chi connectivity index (χ3v) is 4.20. The Morgan fingerprint density at radius 3 is 2.70 bits per heavy atom. The highest BCUT2D eigenvalue weighted by Gasteiger charge is 2.26. The largest absolute Gasteiger partial charge is 0.390 e. The van der Waals surface area contributed by atoms with Gasteiger partial charge in [0.2, 0.25) is 0 Å². The van der Waals surface area contributed by atoms with Crippen molar-refractivity contribution in [1.29, 1.82) is 0 Å². The summed E-state index contributed by atoms with van der Waals surface area (Å²) in [6, 6.07) is 3.23. The highest BCUT2D eigenvalue weighted by atomic mass is 19.1. The maximum absolute atomic E-state index is 13.8. The van der Waals surface area contributed by atoms with E-state index in [1.54, 1.807) is 13.0 Å². The van der Waals surface area contributed by atoms with Crippen molar-refractivity contribution in [1.82, 2.24) is 0 Å². The standard InChI is InChI=1S/C16H25FN2O/c1-11-9-15(13(12(2)18)10-14(11)17)19-7-4-5-16(3,20)6-8-19/h9-10,12,20H,4-8,18H2,1-3H3/t12-,16?/m0/s1. The van der Waals surface area contributed by atoms with Gasteiger partial charge in [-0.15, -0.1) is 0 Å². The molecule has 1 aromatic carbocycles. The molecular weight excluding hydrogens is 255 g/mol. The van der Waals surface area contributed by atoms with Gasteiger partial charge < -0.3 is 15.7 Å². The van der Waals surface area contributed by atoms with Crippen LogP contribution in [0.15, 0.2) is 12.1 Å². The fraction of sp³-hybridized carbons (Fsp3) is 0.625. The van der Waals surface area contributed by atoms with Crippen LogP contribution in [0, 0.1) is 12.7 Å². The predicted octanol–water partition coefficient (Wildman–Crippen LogP) is 2.90. The first-order chi connectivity index (χ1) is 9.30. The van der Waals surface area contributed by atoms with Crippen molar-refractivity contribution < 1.29 is 9.50 Å². The highest BCUT2D eigenvalue weighted by Crippen LogP contribution is 2.31. The minimum atomic E-state index is -0.599. The SMILES string of the molecule is Cc1cc(N2CCCC(C)(O)CC2)c([C@H](C)N)cc1F. The zero-order valence-corrected chi connectivity index (χ0v) is 12.6. The smallest absolute Gasteiger partial charge is 0.126 e. The molecule has 1 heterocycles. The highest BCUT2D eigenvalue weighted by molar-refractivity contribution is 5.57. The van der Waals surface area contributed by atoms with Gasteiger partial charge in [0.1, 0.15) is 5.82 Å². The Morgan fingerprint density at radius 2 is 2.05 bits per heavy atom. The number of aryl methyl sites for hydroxylation is 1. The molecule has 20 heavy (non-hydrogen) atoms. The molecule has 3 nitrogen and oxygen atoms in total. The summed E-state index contributed by atoms with van der Waals surface area (Å²) in [5, 5.41) is 10.2. The fourth-order valence-corrected chi connectivity index (χ4v) is 2.82. The van der Waals surface area contributed by atoms with E-state index in [4.69, 9.17) is 5.73 Å². The Kier molecular flexibility index (Phi) is 4.35. The summed E-state index contributed by atoms with van der Waals surface area (Å²) in [6.07, 6.45) is 2.46. The molecule has 2 rings (SSSR count). The Morgan fingerprint density at radius 1 is 1.35 bits per heavy atom. The number of halogens is 1. The van der Waals surface area contributed by atoms with Crippen LogP contribution in [0.3, 0.4) is 0 Å². The summed E-state index contributed by atoms with van der Waals surface area (Å²) < 4.78 is 13.8. The predicted molar refractivity (Wildman–Crippen MR) is 80.4 cm³/mol. The number of aliphatic hydroxyl groups is 1. The first-order valence-corrected chi connectivity index (χ1v) is 7.33. The molecule has 0 aromatic heterocycles. The molecule has 1 aliphatic heterocycles. The topological polar surface area (TPSA) is 49.5 Å². The van der Waals surface area contributed by atoms with Crippen LogP contribution in [-0.2, 0) is 0 Å². The lowest BCUT2D eigenvalue weighted by Crippen LogP contribution is -2.29. The Bertz CT molecular complexity index is 486. The molecule has 0 saturated carbocycles. The van der Waals surface area contributed by atoms with Crippen LogP contribution in [-0.4, -0.2) is 23.8 Å². The Balaban J connectivity index is 2.34. The lowest BCUT2D eigenvalue weighted by atomic mass is 9.98. The van der Waals surface area contributed by atoms with E-state index in [-0.39, 0.29) is 11.9 Å². The summed E-state index contributed by atoms with van der Waals surface area (Å²) in [4.78, 5) is 2.23. The summed E-state index contributed by atoms with van der Waals surface area (Å²) in [6.45, 7) is 7.19. The van der Waals surface area contributed by atoms with Crippen molar-refractivity contribution in [2.24, 2.45) is 5.73 Å². The molecule has 112 valence electrons. The molecule has 0 amide bonds. The van der Waals surface area contributed by atoms with Crippen molar-refractivity contribution in [2.75, 3.05) is 18.0 Å². The van der Waals surface area contributed by atoms with Crippen LogP contribution < -0.4 is 10.6 Å². The van der Waals surface area contributed by atoms with Gasteiger partial charge >= 0.3 is 0 Å². The minimum absolute atomic E-state index is 0.205. The summed E-state index contributed by atoms with van der Waals surface area (Å²) in [5.41, 5.74) is 7.88. The van der Waals surface area contributed by atoms with Crippen LogP contribution in [0.2, 0.25) is 0 Å². The lowest BCUT2D eigenvalue weighted by Gasteiger charge is -2.28. The average molecular weight is 280 g/mol.